The molecule has 0 aliphatic rings. The number of rotatable bonds is 4. The highest BCUT2D eigenvalue weighted by atomic mass is 127. The number of ether oxygens (including phenoxy) is 1. The Bertz CT molecular complexity index is 570. The van der Waals surface area contributed by atoms with Crippen molar-refractivity contribution in [1.82, 2.24) is 0 Å². The maximum Gasteiger partial charge on any atom is 0.417 e. The fourth-order valence-corrected chi connectivity index (χ4v) is 1.71. The van der Waals surface area contributed by atoms with Crippen LogP contribution in [-0.4, -0.2) is 24.5 Å². The third-order valence-electron chi connectivity index (χ3n) is 2.19. The normalized spacial score (nSPS) is 12.1. The van der Waals surface area contributed by atoms with Crippen LogP contribution in [0.15, 0.2) is 18.2 Å². The monoisotopic (exact) mass is 423 g/mol. The van der Waals surface area contributed by atoms with Gasteiger partial charge in [-0.05, 0) is 40.8 Å². The van der Waals surface area contributed by atoms with Gasteiger partial charge in [0.1, 0.15) is 5.97 Å². The van der Waals surface area contributed by atoms with Gasteiger partial charge in [0.2, 0.25) is 0 Å². The number of carboxylic acids is 1. The van der Waals surface area contributed by atoms with Gasteiger partial charge in [-0.15, -0.1) is 0 Å². The van der Waals surface area contributed by atoms with Crippen LogP contribution in [-0.2, 0) is 15.7 Å². The molecular formula is C11H5F5IO4-. The smallest absolute Gasteiger partial charge is 0.417 e. The molecule has 0 spiro atoms. The Kier molecular flexibility index (Phi) is 5.12. The molecule has 0 aliphatic carbocycles. The average molecular weight is 423 g/mol. The maximum absolute atomic E-state index is 12.7. The van der Waals surface area contributed by atoms with Crippen LogP contribution >= 0.6 is 22.6 Å². The largest absolute Gasteiger partial charge is 0.544 e. The molecule has 0 unspecified atom stereocenters. The van der Waals surface area contributed by atoms with Crippen molar-refractivity contribution in [3.63, 3.8) is 0 Å². The highest BCUT2D eigenvalue weighted by Gasteiger charge is 2.37. The van der Waals surface area contributed by atoms with E-state index in [0.717, 1.165) is 12.1 Å². The van der Waals surface area contributed by atoms with Crippen LogP contribution in [0.2, 0.25) is 0 Å². The predicted molar refractivity (Wildman–Crippen MR) is 64.4 cm³/mol. The Balaban J connectivity index is 3.01. The summed E-state index contributed by atoms with van der Waals surface area (Å²) in [6.45, 7) is -1.92. The summed E-state index contributed by atoms with van der Waals surface area (Å²) >= 11 is 1.57. The molecule has 10 heteroatoms. The molecule has 0 atom stereocenters. The van der Waals surface area contributed by atoms with E-state index in [2.05, 4.69) is 4.74 Å². The van der Waals surface area contributed by atoms with Gasteiger partial charge in [0.25, 0.3) is 0 Å². The van der Waals surface area contributed by atoms with Crippen LogP contribution in [0.3, 0.4) is 0 Å². The van der Waals surface area contributed by atoms with Crippen LogP contribution < -0.4 is 5.11 Å². The van der Waals surface area contributed by atoms with Gasteiger partial charge in [-0.1, -0.05) is 0 Å². The molecule has 1 aromatic rings. The highest BCUT2D eigenvalue weighted by Crippen LogP contribution is 2.33. The van der Waals surface area contributed by atoms with E-state index in [9.17, 15) is 36.6 Å². The number of aliphatic carboxylic acids is 1. The van der Waals surface area contributed by atoms with Crippen molar-refractivity contribution in [3.8, 4) is 0 Å². The Morgan fingerprint density at radius 3 is 2.24 bits per heavy atom. The molecule has 0 saturated carbocycles. The van der Waals surface area contributed by atoms with Gasteiger partial charge in [0.15, 0.2) is 6.61 Å². The van der Waals surface area contributed by atoms with Gasteiger partial charge in [-0.25, -0.2) is 4.79 Å². The minimum atomic E-state index is -4.90. The molecule has 116 valence electrons. The molecule has 1 aromatic carbocycles. The molecule has 0 aliphatic heterocycles. The molecule has 1 rings (SSSR count). The standard InChI is InChI=1S/C11H6F5IO4/c12-10(13,9(19)20)4-21-8(18)6-2-1-5(17)3-7(6)11(14,15)16/h1-3H,4H2,(H,19,20)/p-1. The number of carbonyl (C=O) groups is 2. The van der Waals surface area contributed by atoms with Crippen molar-refractivity contribution in [1.29, 1.82) is 0 Å². The SMILES string of the molecule is O=C(OCC(F)(F)C(=O)[O-])c1ccc(I)cc1C(F)(F)F. The fraction of sp³-hybridized carbons (Fsp3) is 0.273. The number of carboxylic acid groups (broad SMARTS) is 1. The third kappa shape index (κ3) is 4.51. The summed E-state index contributed by atoms with van der Waals surface area (Å²) in [6.07, 6.45) is -4.90. The van der Waals surface area contributed by atoms with Crippen molar-refractivity contribution < 1.29 is 41.4 Å². The number of halogens is 6. The van der Waals surface area contributed by atoms with Gasteiger partial charge >= 0.3 is 18.1 Å². The third-order valence-corrected chi connectivity index (χ3v) is 2.86. The summed E-state index contributed by atoms with van der Waals surface area (Å²) in [7, 11) is 0. The minimum Gasteiger partial charge on any atom is -0.544 e. The van der Waals surface area contributed by atoms with Crippen LogP contribution in [0.4, 0.5) is 22.0 Å². The second-order valence-corrected chi connectivity index (χ2v) is 5.00. The minimum absolute atomic E-state index is 0.163. The van der Waals surface area contributed by atoms with Crippen molar-refractivity contribution in [2.75, 3.05) is 6.61 Å². The zero-order valence-corrected chi connectivity index (χ0v) is 12.0. The molecule has 21 heavy (non-hydrogen) atoms. The van der Waals surface area contributed by atoms with Crippen LogP contribution in [0.1, 0.15) is 15.9 Å². The number of hydrogen-bond acceptors (Lipinski definition) is 4. The van der Waals surface area contributed by atoms with Crippen LogP contribution in [0.25, 0.3) is 0 Å². The number of hydrogen-bond donors (Lipinski definition) is 0. The molecule has 0 aromatic heterocycles. The summed E-state index contributed by atoms with van der Waals surface area (Å²) in [5.74, 6) is -8.99. The van der Waals surface area contributed by atoms with Crippen molar-refractivity contribution >= 4 is 34.5 Å². The van der Waals surface area contributed by atoms with Gasteiger partial charge in [-0.3, -0.25) is 0 Å². The fourth-order valence-electron chi connectivity index (χ4n) is 1.22. The van der Waals surface area contributed by atoms with Crippen LogP contribution in [0.5, 0.6) is 0 Å². The molecule has 0 fully saturated rings. The van der Waals surface area contributed by atoms with Gasteiger partial charge < -0.3 is 14.6 Å². The Morgan fingerprint density at radius 2 is 1.76 bits per heavy atom. The first kappa shape index (κ1) is 17.6. The zero-order valence-electron chi connectivity index (χ0n) is 9.84. The van der Waals surface area contributed by atoms with E-state index in [4.69, 9.17) is 0 Å². The summed E-state index contributed by atoms with van der Waals surface area (Å²) < 4.78 is 67.6. The summed E-state index contributed by atoms with van der Waals surface area (Å²) in [4.78, 5) is 21.4. The second-order valence-electron chi connectivity index (χ2n) is 3.76. The molecule has 4 nitrogen and oxygen atoms in total. The quantitative estimate of drug-likeness (QED) is 0.422. The Hall–Kier alpha value is -1.46. The first-order chi connectivity index (χ1) is 9.45. The molecule has 0 bridgehead atoms. The van der Waals surface area contributed by atoms with Gasteiger partial charge in [0.05, 0.1) is 11.1 Å². The van der Waals surface area contributed by atoms with Crippen molar-refractivity contribution in [2.24, 2.45) is 0 Å². The van der Waals surface area contributed by atoms with Crippen molar-refractivity contribution in [2.45, 2.75) is 12.1 Å². The molecular weight excluding hydrogens is 418 g/mol. The summed E-state index contributed by atoms with van der Waals surface area (Å²) in [6, 6.07) is 2.53. The Morgan fingerprint density at radius 1 is 1.19 bits per heavy atom. The van der Waals surface area contributed by atoms with Gasteiger partial charge in [0, 0.05) is 3.57 Å². The number of benzene rings is 1. The molecule has 0 radical (unpaired) electrons. The molecule has 0 heterocycles. The maximum atomic E-state index is 12.7. The predicted octanol–water partition coefficient (Wildman–Crippen LogP) is 1.85. The molecule has 0 amide bonds. The number of esters is 1. The number of carbonyl (C=O) groups excluding carboxylic acids is 2. The lowest BCUT2D eigenvalue weighted by molar-refractivity contribution is -0.331. The lowest BCUT2D eigenvalue weighted by Crippen LogP contribution is -2.45. The molecule has 0 saturated heterocycles. The van der Waals surface area contributed by atoms with Gasteiger partial charge in [-0.2, -0.15) is 22.0 Å². The average Bonchev–Trinajstić information content (AvgIpc) is 2.34. The second kappa shape index (κ2) is 6.12. The van der Waals surface area contributed by atoms with E-state index in [0.29, 0.717) is 6.07 Å². The van der Waals surface area contributed by atoms with E-state index in [-0.39, 0.29) is 3.57 Å². The highest BCUT2D eigenvalue weighted by molar-refractivity contribution is 14.1. The summed E-state index contributed by atoms with van der Waals surface area (Å²) in [5, 5.41) is 10.0. The topological polar surface area (TPSA) is 66.4 Å². The summed E-state index contributed by atoms with van der Waals surface area (Å²) in [5.41, 5.74) is -2.35. The van der Waals surface area contributed by atoms with Crippen LogP contribution in [0, 0.1) is 3.57 Å². The van der Waals surface area contributed by atoms with E-state index in [1.54, 1.807) is 22.6 Å². The van der Waals surface area contributed by atoms with E-state index in [1.165, 1.54) is 0 Å². The molecule has 0 N–H and O–H groups in total. The lowest BCUT2D eigenvalue weighted by Gasteiger charge is -2.18. The Labute approximate surface area is 128 Å². The first-order valence-corrected chi connectivity index (χ1v) is 6.16. The van der Waals surface area contributed by atoms with E-state index < -0.39 is 41.8 Å². The lowest BCUT2D eigenvalue weighted by atomic mass is 10.1. The van der Waals surface area contributed by atoms with E-state index in [1.807, 2.05) is 0 Å². The van der Waals surface area contributed by atoms with E-state index >= 15 is 0 Å². The van der Waals surface area contributed by atoms with Crippen molar-refractivity contribution in [3.05, 3.63) is 32.9 Å². The zero-order chi connectivity index (χ0) is 16.4. The number of alkyl halides is 5. The first-order valence-electron chi connectivity index (χ1n) is 5.08.